The monoisotopic (exact) mass is 465 g/mol. The van der Waals surface area contributed by atoms with Crippen LogP contribution < -0.4 is 15.2 Å². The van der Waals surface area contributed by atoms with E-state index in [-0.39, 0.29) is 41.9 Å². The standard InChI is InChI=1S/C25H28FN5O3/c1-17(2)34-21-5-3-4-18(16-21)24-27-25(33)22(28-29-24)10-11-23(32)31-14-12-30(13-15-31)20-8-6-19(26)7-9-20/h3-9,16-17H,10-15H2,1-2H3,(H,27,29,33). The summed E-state index contributed by atoms with van der Waals surface area (Å²) in [5.74, 6) is 0.746. The summed E-state index contributed by atoms with van der Waals surface area (Å²) in [7, 11) is 0. The maximum absolute atomic E-state index is 13.1. The van der Waals surface area contributed by atoms with E-state index in [1.54, 1.807) is 23.1 Å². The van der Waals surface area contributed by atoms with Crippen molar-refractivity contribution in [2.24, 2.45) is 0 Å². The van der Waals surface area contributed by atoms with Crippen LogP contribution in [-0.4, -0.2) is 58.3 Å². The summed E-state index contributed by atoms with van der Waals surface area (Å²) in [6.45, 7) is 6.38. The van der Waals surface area contributed by atoms with Gasteiger partial charge in [-0.1, -0.05) is 12.1 Å². The first-order chi connectivity index (χ1) is 16.4. The molecular formula is C25H28FN5O3. The minimum Gasteiger partial charge on any atom is -0.491 e. The number of hydrogen-bond donors (Lipinski definition) is 1. The van der Waals surface area contributed by atoms with Crippen molar-refractivity contribution in [1.82, 2.24) is 20.1 Å². The predicted octanol–water partition coefficient (Wildman–Crippen LogP) is 3.04. The number of amides is 1. The van der Waals surface area contributed by atoms with Crippen LogP contribution in [0, 0.1) is 5.82 Å². The van der Waals surface area contributed by atoms with E-state index in [9.17, 15) is 14.0 Å². The number of aryl methyl sites for hydroxylation is 1. The molecule has 3 aromatic rings. The fraction of sp³-hybridized carbons (Fsp3) is 0.360. The molecule has 0 saturated carbocycles. The number of aromatic amines is 1. The third-order valence-corrected chi connectivity index (χ3v) is 5.64. The van der Waals surface area contributed by atoms with Crippen LogP contribution in [0.3, 0.4) is 0 Å². The third-order valence-electron chi connectivity index (χ3n) is 5.64. The van der Waals surface area contributed by atoms with Crippen molar-refractivity contribution in [1.29, 1.82) is 0 Å². The van der Waals surface area contributed by atoms with E-state index in [0.717, 1.165) is 5.69 Å². The third kappa shape index (κ3) is 5.78. The number of ether oxygens (including phenoxy) is 1. The molecule has 2 heterocycles. The Hall–Kier alpha value is -3.75. The van der Waals surface area contributed by atoms with Crippen molar-refractivity contribution in [3.63, 3.8) is 0 Å². The fourth-order valence-electron chi connectivity index (χ4n) is 3.89. The van der Waals surface area contributed by atoms with E-state index in [1.165, 1.54) is 12.1 Å². The Kier molecular flexibility index (Phi) is 7.20. The molecule has 178 valence electrons. The molecule has 1 aliphatic rings. The largest absolute Gasteiger partial charge is 0.491 e. The lowest BCUT2D eigenvalue weighted by atomic mass is 10.2. The molecule has 1 fully saturated rings. The van der Waals surface area contributed by atoms with E-state index in [0.29, 0.717) is 43.3 Å². The first kappa shape index (κ1) is 23.4. The lowest BCUT2D eigenvalue weighted by Crippen LogP contribution is -2.48. The van der Waals surface area contributed by atoms with Gasteiger partial charge < -0.3 is 19.5 Å². The van der Waals surface area contributed by atoms with Gasteiger partial charge in [-0.2, -0.15) is 0 Å². The van der Waals surface area contributed by atoms with Crippen LogP contribution >= 0.6 is 0 Å². The first-order valence-corrected chi connectivity index (χ1v) is 11.4. The average Bonchev–Trinajstić information content (AvgIpc) is 2.83. The van der Waals surface area contributed by atoms with Gasteiger partial charge in [-0.05, 0) is 50.2 Å². The molecule has 0 spiro atoms. The van der Waals surface area contributed by atoms with Crippen molar-refractivity contribution in [2.45, 2.75) is 32.8 Å². The lowest BCUT2D eigenvalue weighted by molar-refractivity contribution is -0.131. The Balaban J connectivity index is 1.32. The summed E-state index contributed by atoms with van der Waals surface area (Å²) in [6.07, 6.45) is 0.438. The Morgan fingerprint density at radius 3 is 2.50 bits per heavy atom. The van der Waals surface area contributed by atoms with E-state index in [4.69, 9.17) is 4.74 Å². The zero-order valence-corrected chi connectivity index (χ0v) is 19.3. The molecular weight excluding hydrogens is 437 g/mol. The van der Waals surface area contributed by atoms with Gasteiger partial charge in [-0.15, -0.1) is 10.2 Å². The number of piperazine rings is 1. The molecule has 0 atom stereocenters. The number of carbonyl (C=O) groups is 1. The Morgan fingerprint density at radius 1 is 1.09 bits per heavy atom. The normalized spacial score (nSPS) is 13.9. The van der Waals surface area contributed by atoms with Crippen LogP contribution in [0.4, 0.5) is 10.1 Å². The molecule has 1 aromatic heterocycles. The van der Waals surface area contributed by atoms with Crippen LogP contribution in [0.1, 0.15) is 26.0 Å². The molecule has 34 heavy (non-hydrogen) atoms. The molecule has 0 aliphatic carbocycles. The minimum atomic E-state index is -0.353. The Bertz CT molecular complexity index is 1190. The number of hydrogen-bond acceptors (Lipinski definition) is 6. The van der Waals surface area contributed by atoms with Crippen molar-refractivity contribution in [3.05, 3.63) is 70.4 Å². The molecule has 1 amide bonds. The fourth-order valence-corrected chi connectivity index (χ4v) is 3.89. The van der Waals surface area contributed by atoms with E-state index in [1.807, 2.05) is 32.0 Å². The summed E-state index contributed by atoms with van der Waals surface area (Å²) in [6, 6.07) is 13.7. The number of carbonyl (C=O) groups excluding carboxylic acids is 1. The van der Waals surface area contributed by atoms with Crippen LogP contribution in [0.2, 0.25) is 0 Å². The zero-order chi connectivity index (χ0) is 24.1. The first-order valence-electron chi connectivity index (χ1n) is 11.4. The van der Waals surface area contributed by atoms with Gasteiger partial charge in [0, 0.05) is 50.3 Å². The van der Waals surface area contributed by atoms with Crippen LogP contribution in [-0.2, 0) is 11.2 Å². The highest BCUT2D eigenvalue weighted by Crippen LogP contribution is 2.21. The predicted molar refractivity (Wildman–Crippen MR) is 127 cm³/mol. The van der Waals surface area contributed by atoms with Gasteiger partial charge in [-0.3, -0.25) is 9.59 Å². The average molecular weight is 466 g/mol. The van der Waals surface area contributed by atoms with E-state index < -0.39 is 0 Å². The number of nitrogens with zero attached hydrogens (tertiary/aromatic N) is 4. The van der Waals surface area contributed by atoms with Crippen molar-refractivity contribution in [2.75, 3.05) is 31.1 Å². The second kappa shape index (κ2) is 10.5. The van der Waals surface area contributed by atoms with Crippen LogP contribution in [0.15, 0.2) is 53.3 Å². The molecule has 9 heteroatoms. The molecule has 8 nitrogen and oxygen atoms in total. The highest BCUT2D eigenvalue weighted by Gasteiger charge is 2.22. The Morgan fingerprint density at radius 2 is 1.82 bits per heavy atom. The van der Waals surface area contributed by atoms with Crippen molar-refractivity contribution >= 4 is 11.6 Å². The van der Waals surface area contributed by atoms with Crippen molar-refractivity contribution in [3.8, 4) is 17.1 Å². The summed E-state index contributed by atoms with van der Waals surface area (Å²) in [4.78, 5) is 31.9. The van der Waals surface area contributed by atoms with Gasteiger partial charge in [0.25, 0.3) is 5.56 Å². The smallest absolute Gasteiger partial charge is 0.273 e. The van der Waals surface area contributed by atoms with Crippen LogP contribution in [0.5, 0.6) is 5.75 Å². The highest BCUT2D eigenvalue weighted by atomic mass is 19.1. The number of halogens is 1. The molecule has 4 rings (SSSR count). The maximum atomic E-state index is 13.1. The summed E-state index contributed by atoms with van der Waals surface area (Å²) in [5.41, 5.74) is 1.52. The van der Waals surface area contributed by atoms with Gasteiger partial charge in [0.15, 0.2) is 5.82 Å². The number of benzene rings is 2. The number of rotatable bonds is 7. The van der Waals surface area contributed by atoms with Gasteiger partial charge >= 0.3 is 0 Å². The van der Waals surface area contributed by atoms with Gasteiger partial charge in [0.05, 0.1) is 6.10 Å². The minimum absolute atomic E-state index is 0.0254. The number of aromatic nitrogens is 3. The summed E-state index contributed by atoms with van der Waals surface area (Å²) < 4.78 is 18.8. The second-order valence-corrected chi connectivity index (χ2v) is 8.49. The molecule has 1 N–H and O–H groups in total. The zero-order valence-electron chi connectivity index (χ0n) is 19.3. The molecule has 0 bridgehead atoms. The van der Waals surface area contributed by atoms with Crippen LogP contribution in [0.25, 0.3) is 11.4 Å². The van der Waals surface area contributed by atoms with Gasteiger partial charge in [0.2, 0.25) is 5.91 Å². The summed E-state index contributed by atoms with van der Waals surface area (Å²) >= 11 is 0. The number of H-pyrrole nitrogens is 1. The molecule has 1 saturated heterocycles. The summed E-state index contributed by atoms with van der Waals surface area (Å²) in [5, 5.41) is 8.23. The molecule has 2 aromatic carbocycles. The van der Waals surface area contributed by atoms with Gasteiger partial charge in [0.1, 0.15) is 17.3 Å². The number of anilines is 1. The lowest BCUT2D eigenvalue weighted by Gasteiger charge is -2.36. The molecule has 0 unspecified atom stereocenters. The molecule has 0 radical (unpaired) electrons. The van der Waals surface area contributed by atoms with Crippen molar-refractivity contribution < 1.29 is 13.9 Å². The second-order valence-electron chi connectivity index (χ2n) is 8.49. The maximum Gasteiger partial charge on any atom is 0.273 e. The Labute approximate surface area is 197 Å². The highest BCUT2D eigenvalue weighted by molar-refractivity contribution is 5.76. The quantitative estimate of drug-likeness (QED) is 0.577. The molecule has 1 aliphatic heterocycles. The van der Waals surface area contributed by atoms with Gasteiger partial charge in [-0.25, -0.2) is 4.39 Å². The SMILES string of the molecule is CC(C)Oc1cccc(-c2nnc(CCC(=O)N3CCN(c4ccc(F)cc4)CC3)c(=O)[nH]2)c1. The van der Waals surface area contributed by atoms with E-state index >= 15 is 0 Å². The number of nitrogens with one attached hydrogen (secondary N) is 1. The van der Waals surface area contributed by atoms with E-state index in [2.05, 4.69) is 20.1 Å². The topological polar surface area (TPSA) is 91.4 Å².